The average Bonchev–Trinajstić information content (AvgIpc) is 3.30. The third-order valence-corrected chi connectivity index (χ3v) is 6.30. The summed E-state index contributed by atoms with van der Waals surface area (Å²) in [7, 11) is -4.20. The van der Waals surface area contributed by atoms with Gasteiger partial charge in [0.1, 0.15) is 12.7 Å². The zero-order valence-electron chi connectivity index (χ0n) is 22.4. The number of allylic oxidation sites excluding steroid dienone is 4. The van der Waals surface area contributed by atoms with Gasteiger partial charge in [-0.25, -0.2) is 19.7 Å². The first-order valence-electron chi connectivity index (χ1n) is 13.5. The number of amides is 2. The fourth-order valence-corrected chi connectivity index (χ4v) is 4.14. The summed E-state index contributed by atoms with van der Waals surface area (Å²) in [5.74, 6) is 0.294. The number of unbranched alkanes of at least 4 members (excludes halogenated alkanes) is 8. The quantitative estimate of drug-likeness (QED) is 0.0955. The molecule has 0 aromatic carbocycles. The SMILES string of the molecule is CCCCCC=CCC=CCCCCCCCNC(=O)Nc1ncnc2c1ncn2CCOCP(=O)(O)O. The predicted octanol–water partition coefficient (Wildman–Crippen LogP) is 5.52. The van der Waals surface area contributed by atoms with Crippen molar-refractivity contribution in [1.29, 1.82) is 0 Å². The van der Waals surface area contributed by atoms with E-state index in [0.29, 0.717) is 30.1 Å². The summed E-state index contributed by atoms with van der Waals surface area (Å²) in [5, 5.41) is 5.56. The lowest BCUT2D eigenvalue weighted by Crippen LogP contribution is -2.30. The van der Waals surface area contributed by atoms with Crippen molar-refractivity contribution in [1.82, 2.24) is 24.8 Å². The summed E-state index contributed by atoms with van der Waals surface area (Å²) in [6.45, 7) is 3.19. The highest BCUT2D eigenvalue weighted by Crippen LogP contribution is 2.33. The number of ether oxygens (including phenoxy) is 1. The number of anilines is 1. The molecule has 0 atom stereocenters. The molecule has 12 heteroatoms. The predicted molar refractivity (Wildman–Crippen MR) is 150 cm³/mol. The van der Waals surface area contributed by atoms with E-state index in [2.05, 4.69) is 56.8 Å². The van der Waals surface area contributed by atoms with Crippen molar-refractivity contribution in [2.24, 2.45) is 0 Å². The second-order valence-corrected chi connectivity index (χ2v) is 10.7. The molecule has 0 aliphatic rings. The molecule has 2 rings (SSSR count). The molecule has 212 valence electrons. The van der Waals surface area contributed by atoms with E-state index < -0.39 is 13.9 Å². The van der Waals surface area contributed by atoms with E-state index in [-0.39, 0.29) is 12.6 Å². The summed E-state index contributed by atoms with van der Waals surface area (Å²) in [6.07, 6.45) is 24.0. The molecule has 0 radical (unpaired) electrons. The van der Waals surface area contributed by atoms with Gasteiger partial charge < -0.3 is 24.4 Å². The number of fused-ring (bicyclic) bond motifs is 1. The zero-order valence-corrected chi connectivity index (χ0v) is 23.3. The number of hydrogen-bond donors (Lipinski definition) is 4. The first kappa shape index (κ1) is 31.6. The highest BCUT2D eigenvalue weighted by atomic mass is 31.2. The summed E-state index contributed by atoms with van der Waals surface area (Å²) in [4.78, 5) is 42.5. The molecule has 38 heavy (non-hydrogen) atoms. The summed E-state index contributed by atoms with van der Waals surface area (Å²) >= 11 is 0. The number of imidazole rings is 1. The van der Waals surface area contributed by atoms with Crippen LogP contribution in [0.15, 0.2) is 37.0 Å². The van der Waals surface area contributed by atoms with Gasteiger partial charge in [0, 0.05) is 13.1 Å². The van der Waals surface area contributed by atoms with Crippen molar-refractivity contribution in [3.05, 3.63) is 37.0 Å². The van der Waals surface area contributed by atoms with Gasteiger partial charge in [0.2, 0.25) is 0 Å². The lowest BCUT2D eigenvalue weighted by molar-refractivity contribution is 0.149. The minimum Gasteiger partial charge on any atom is -0.367 e. The Labute approximate surface area is 225 Å². The van der Waals surface area contributed by atoms with Gasteiger partial charge >= 0.3 is 13.6 Å². The van der Waals surface area contributed by atoms with Crippen LogP contribution in [0.3, 0.4) is 0 Å². The molecular weight excluding hydrogens is 507 g/mol. The molecule has 2 aromatic rings. The van der Waals surface area contributed by atoms with Gasteiger partial charge in [-0.1, -0.05) is 63.3 Å². The second kappa shape index (κ2) is 18.6. The minimum absolute atomic E-state index is 0.0807. The molecule has 0 unspecified atom stereocenters. The second-order valence-electron chi connectivity index (χ2n) is 9.15. The third-order valence-electron chi connectivity index (χ3n) is 5.78. The molecule has 0 saturated heterocycles. The van der Waals surface area contributed by atoms with Gasteiger partial charge in [-0.05, 0) is 38.5 Å². The van der Waals surface area contributed by atoms with Crippen molar-refractivity contribution in [3.8, 4) is 0 Å². The Morgan fingerprint density at radius 1 is 1.00 bits per heavy atom. The molecule has 0 fully saturated rings. The molecule has 11 nitrogen and oxygen atoms in total. The molecule has 4 N–H and O–H groups in total. The third kappa shape index (κ3) is 13.8. The van der Waals surface area contributed by atoms with Crippen LogP contribution in [0.1, 0.15) is 77.6 Å². The Morgan fingerprint density at radius 3 is 2.45 bits per heavy atom. The van der Waals surface area contributed by atoms with Gasteiger partial charge in [-0.2, -0.15) is 0 Å². The van der Waals surface area contributed by atoms with Gasteiger partial charge in [-0.3, -0.25) is 9.88 Å². The zero-order chi connectivity index (χ0) is 27.5. The molecule has 0 saturated carbocycles. The first-order chi connectivity index (χ1) is 18.4. The maximum atomic E-state index is 12.3. The van der Waals surface area contributed by atoms with Crippen molar-refractivity contribution >= 4 is 30.6 Å². The average molecular weight is 551 g/mol. The topological polar surface area (TPSA) is 151 Å². The number of aromatic nitrogens is 4. The van der Waals surface area contributed by atoms with Crippen LogP contribution in [0.2, 0.25) is 0 Å². The van der Waals surface area contributed by atoms with Gasteiger partial charge in [0.05, 0.1) is 12.9 Å². The van der Waals surface area contributed by atoms with Crippen LogP contribution in [0, 0.1) is 0 Å². The van der Waals surface area contributed by atoms with Crippen LogP contribution in [0.5, 0.6) is 0 Å². The van der Waals surface area contributed by atoms with Crippen LogP contribution in [0.25, 0.3) is 11.2 Å². The number of hydrogen-bond acceptors (Lipinski definition) is 6. The lowest BCUT2D eigenvalue weighted by Gasteiger charge is -2.08. The van der Waals surface area contributed by atoms with Crippen LogP contribution in [-0.4, -0.2) is 54.8 Å². The number of urea groups is 1. The number of carbonyl (C=O) groups excluding carboxylic acids is 1. The molecule has 2 heterocycles. The highest BCUT2D eigenvalue weighted by molar-refractivity contribution is 7.51. The van der Waals surface area contributed by atoms with Crippen LogP contribution in [0.4, 0.5) is 10.6 Å². The largest absolute Gasteiger partial charge is 0.367 e. The summed E-state index contributed by atoms with van der Waals surface area (Å²) in [5.41, 5.74) is 0.915. The van der Waals surface area contributed by atoms with Crippen LogP contribution in [-0.2, 0) is 15.8 Å². The van der Waals surface area contributed by atoms with E-state index in [9.17, 15) is 9.36 Å². The maximum absolute atomic E-state index is 12.3. The summed E-state index contributed by atoms with van der Waals surface area (Å²) in [6, 6.07) is -0.353. The fraction of sp³-hybridized carbons (Fsp3) is 0.615. The smallest absolute Gasteiger partial charge is 0.350 e. The van der Waals surface area contributed by atoms with E-state index in [1.165, 1.54) is 51.2 Å². The summed E-state index contributed by atoms with van der Waals surface area (Å²) < 4.78 is 17.5. The fourth-order valence-electron chi connectivity index (χ4n) is 3.77. The molecule has 2 aromatic heterocycles. The van der Waals surface area contributed by atoms with E-state index in [1.54, 1.807) is 4.57 Å². The van der Waals surface area contributed by atoms with E-state index >= 15 is 0 Å². The Kier molecular flexibility index (Phi) is 15.5. The standard InChI is InChI=1S/C26H43N6O5P/c1-2-3-4-5-6-7-8-9-10-11-12-13-14-15-16-17-27-26(33)31-24-23-25(29-20-28-24)32(21-30-23)18-19-37-22-38(34,35)36/h6-7,9-10,20-21H,2-5,8,11-19,22H2,1H3,(H2,34,35,36)(H2,27,28,29,31,33). The van der Waals surface area contributed by atoms with E-state index in [4.69, 9.17) is 14.5 Å². The van der Waals surface area contributed by atoms with Crippen molar-refractivity contribution in [3.63, 3.8) is 0 Å². The maximum Gasteiger partial charge on any atom is 0.350 e. The van der Waals surface area contributed by atoms with E-state index in [0.717, 1.165) is 32.1 Å². The van der Waals surface area contributed by atoms with E-state index in [1.807, 2.05) is 0 Å². The van der Waals surface area contributed by atoms with Crippen molar-refractivity contribution < 1.29 is 23.9 Å². The number of nitrogens with one attached hydrogen (secondary N) is 2. The van der Waals surface area contributed by atoms with Gasteiger partial charge in [0.15, 0.2) is 17.0 Å². The number of carbonyl (C=O) groups is 1. The molecule has 0 aliphatic heterocycles. The Hall–Kier alpha value is -2.59. The molecule has 2 amide bonds. The highest BCUT2D eigenvalue weighted by Gasteiger charge is 2.14. The molecular formula is C26H43N6O5P. The van der Waals surface area contributed by atoms with Crippen molar-refractivity contribution in [2.45, 2.75) is 84.1 Å². The monoisotopic (exact) mass is 550 g/mol. The Bertz CT molecular complexity index is 1050. The number of nitrogens with zero attached hydrogens (tertiary/aromatic N) is 4. The number of rotatable bonds is 20. The normalized spacial score (nSPS) is 12.2. The molecule has 0 spiro atoms. The van der Waals surface area contributed by atoms with Gasteiger partial charge in [0.25, 0.3) is 0 Å². The Morgan fingerprint density at radius 2 is 1.71 bits per heavy atom. The van der Waals surface area contributed by atoms with Crippen molar-refractivity contribution in [2.75, 3.05) is 24.8 Å². The van der Waals surface area contributed by atoms with Gasteiger partial charge in [-0.15, -0.1) is 0 Å². The first-order valence-corrected chi connectivity index (χ1v) is 15.3. The molecule has 0 bridgehead atoms. The minimum atomic E-state index is -4.20. The lowest BCUT2D eigenvalue weighted by atomic mass is 10.1. The van der Waals surface area contributed by atoms with Crippen LogP contribution >= 0.6 is 7.60 Å². The van der Waals surface area contributed by atoms with Crippen LogP contribution < -0.4 is 10.6 Å². The Balaban J connectivity index is 1.56. The molecule has 0 aliphatic carbocycles.